The summed E-state index contributed by atoms with van der Waals surface area (Å²) in [7, 11) is 3.43. The highest BCUT2D eigenvalue weighted by molar-refractivity contribution is 5.91. The number of nitrogens with zero attached hydrogens (tertiary/aromatic N) is 6. The maximum Gasteiger partial charge on any atom is 0.273 e. The first kappa shape index (κ1) is 20.2. The van der Waals surface area contributed by atoms with Crippen molar-refractivity contribution in [3.05, 3.63) is 51.8 Å². The molecule has 0 spiro atoms. The van der Waals surface area contributed by atoms with Crippen LogP contribution in [0, 0.1) is 5.92 Å². The third-order valence-corrected chi connectivity index (χ3v) is 6.85. The summed E-state index contributed by atoms with van der Waals surface area (Å²) in [6, 6.07) is 4.21. The van der Waals surface area contributed by atoms with E-state index >= 15 is 0 Å². The van der Waals surface area contributed by atoms with Gasteiger partial charge in [0.1, 0.15) is 11.5 Å². The summed E-state index contributed by atoms with van der Waals surface area (Å²) in [6.45, 7) is 5.32. The number of carbonyl (C=O) groups excluding carboxylic acids is 1. The van der Waals surface area contributed by atoms with Crippen molar-refractivity contribution in [1.29, 1.82) is 0 Å². The number of amides is 1. The van der Waals surface area contributed by atoms with Crippen LogP contribution in [0.3, 0.4) is 0 Å². The molecule has 5 heterocycles. The lowest BCUT2D eigenvalue weighted by molar-refractivity contribution is 0.0821. The van der Waals surface area contributed by atoms with E-state index in [-0.39, 0.29) is 17.4 Å². The van der Waals surface area contributed by atoms with Crippen molar-refractivity contribution in [2.45, 2.75) is 38.3 Å². The molecule has 0 aliphatic carbocycles. The van der Waals surface area contributed by atoms with Crippen LogP contribution < -0.4 is 10.5 Å². The number of hydrogen-bond donors (Lipinski definition) is 0. The van der Waals surface area contributed by atoms with Crippen molar-refractivity contribution in [3.8, 4) is 0 Å². The van der Waals surface area contributed by atoms with Crippen molar-refractivity contribution in [3.63, 3.8) is 0 Å². The molecule has 2 saturated heterocycles. The van der Waals surface area contributed by atoms with Crippen molar-refractivity contribution < 1.29 is 4.79 Å². The standard InChI is InChI=1S/C23H30N6O2/c1-26(2)23(31)19-10-24-11-21(25-19)28-12-16-9-18(15-28)20-6-5-17(22(30)29(20)13-16)14-27-7-3-4-8-27/h5-6,10-11,16,18H,3-4,7-9,12-15H2,1-2H3/t16-,18+/m0/s1. The number of anilines is 1. The van der Waals surface area contributed by atoms with Crippen LogP contribution in [0.4, 0.5) is 5.82 Å². The molecule has 31 heavy (non-hydrogen) atoms. The van der Waals surface area contributed by atoms with Gasteiger partial charge in [-0.2, -0.15) is 0 Å². The van der Waals surface area contributed by atoms with Crippen LogP contribution >= 0.6 is 0 Å². The molecule has 0 radical (unpaired) electrons. The SMILES string of the molecule is CN(C)C(=O)c1cncc(N2C[C@@H]3C[C@H](C2)c2ccc(CN4CCCC4)c(=O)n2C3)n1. The van der Waals surface area contributed by atoms with Crippen LogP contribution in [0.5, 0.6) is 0 Å². The van der Waals surface area contributed by atoms with Crippen LogP contribution in [0.15, 0.2) is 29.3 Å². The monoisotopic (exact) mass is 422 g/mol. The summed E-state index contributed by atoms with van der Waals surface area (Å²) in [5.74, 6) is 1.27. The molecule has 2 aromatic heterocycles. The Balaban J connectivity index is 1.39. The van der Waals surface area contributed by atoms with E-state index in [1.165, 1.54) is 23.9 Å². The molecule has 0 aromatic carbocycles. The first-order valence-electron chi connectivity index (χ1n) is 11.2. The molecule has 0 saturated carbocycles. The van der Waals surface area contributed by atoms with Crippen LogP contribution in [-0.4, -0.2) is 70.5 Å². The second-order valence-electron chi connectivity index (χ2n) is 9.35. The maximum absolute atomic E-state index is 13.2. The van der Waals surface area contributed by atoms with Crippen molar-refractivity contribution in [2.75, 3.05) is 45.2 Å². The van der Waals surface area contributed by atoms with Gasteiger partial charge in [0.05, 0.1) is 12.4 Å². The molecule has 3 aliphatic heterocycles. The minimum atomic E-state index is -0.144. The van der Waals surface area contributed by atoms with Gasteiger partial charge >= 0.3 is 0 Å². The number of hydrogen-bond acceptors (Lipinski definition) is 6. The highest BCUT2D eigenvalue weighted by Crippen LogP contribution is 2.36. The number of likely N-dealkylation sites (tertiary alicyclic amines) is 1. The minimum Gasteiger partial charge on any atom is -0.354 e. The Kier molecular flexibility index (Phi) is 5.25. The predicted octanol–water partition coefficient (Wildman–Crippen LogP) is 1.56. The largest absolute Gasteiger partial charge is 0.354 e. The van der Waals surface area contributed by atoms with E-state index in [1.807, 2.05) is 10.6 Å². The summed E-state index contributed by atoms with van der Waals surface area (Å²) in [5.41, 5.74) is 2.60. The Morgan fingerprint density at radius 1 is 1.13 bits per heavy atom. The topological polar surface area (TPSA) is 74.6 Å². The number of pyridine rings is 1. The quantitative estimate of drug-likeness (QED) is 0.745. The van der Waals surface area contributed by atoms with Gasteiger partial charge in [-0.05, 0) is 44.3 Å². The number of fused-ring (bicyclic) bond motifs is 4. The van der Waals surface area contributed by atoms with E-state index in [0.29, 0.717) is 11.6 Å². The Hall–Kier alpha value is -2.74. The lowest BCUT2D eigenvalue weighted by Gasteiger charge is -2.43. The summed E-state index contributed by atoms with van der Waals surface area (Å²) in [6.07, 6.45) is 6.81. The van der Waals surface area contributed by atoms with Gasteiger partial charge in [-0.15, -0.1) is 0 Å². The fourth-order valence-electron chi connectivity index (χ4n) is 5.32. The number of aromatic nitrogens is 3. The first-order chi connectivity index (χ1) is 15.0. The van der Waals surface area contributed by atoms with Gasteiger partial charge in [-0.1, -0.05) is 6.07 Å². The molecule has 8 nitrogen and oxygen atoms in total. The fourth-order valence-corrected chi connectivity index (χ4v) is 5.32. The van der Waals surface area contributed by atoms with Gasteiger partial charge in [0.25, 0.3) is 11.5 Å². The number of rotatable bonds is 4. The van der Waals surface area contributed by atoms with Gasteiger partial charge in [-0.3, -0.25) is 19.5 Å². The molecule has 5 rings (SSSR count). The van der Waals surface area contributed by atoms with Crippen molar-refractivity contribution in [1.82, 2.24) is 24.3 Å². The van der Waals surface area contributed by atoms with E-state index in [9.17, 15) is 9.59 Å². The highest BCUT2D eigenvalue weighted by atomic mass is 16.2. The molecule has 2 atom stereocenters. The zero-order chi connectivity index (χ0) is 21.5. The molecule has 8 heteroatoms. The normalized spacial score (nSPS) is 23.0. The van der Waals surface area contributed by atoms with Crippen LogP contribution in [0.25, 0.3) is 0 Å². The molecular weight excluding hydrogens is 392 g/mol. The zero-order valence-corrected chi connectivity index (χ0v) is 18.3. The van der Waals surface area contributed by atoms with E-state index < -0.39 is 0 Å². The molecule has 2 fully saturated rings. The second-order valence-corrected chi connectivity index (χ2v) is 9.35. The predicted molar refractivity (Wildman–Crippen MR) is 118 cm³/mol. The fraction of sp³-hybridized carbons (Fsp3) is 0.565. The molecule has 164 valence electrons. The van der Waals surface area contributed by atoms with E-state index in [1.54, 1.807) is 20.3 Å². The van der Waals surface area contributed by atoms with Crippen molar-refractivity contribution in [2.24, 2.45) is 5.92 Å². The first-order valence-corrected chi connectivity index (χ1v) is 11.2. The second kappa shape index (κ2) is 8.07. The van der Waals surface area contributed by atoms with Gasteiger partial charge in [-0.25, -0.2) is 4.98 Å². The average molecular weight is 423 g/mol. The van der Waals surface area contributed by atoms with Gasteiger partial charge in [0.15, 0.2) is 0 Å². The van der Waals surface area contributed by atoms with E-state index in [4.69, 9.17) is 0 Å². The van der Waals surface area contributed by atoms with Crippen LogP contribution in [-0.2, 0) is 13.1 Å². The number of piperidine rings is 1. The zero-order valence-electron chi connectivity index (χ0n) is 18.3. The summed E-state index contributed by atoms with van der Waals surface area (Å²) < 4.78 is 2.03. The summed E-state index contributed by atoms with van der Waals surface area (Å²) in [5, 5.41) is 0. The third kappa shape index (κ3) is 3.84. The van der Waals surface area contributed by atoms with Gasteiger partial charge < -0.3 is 14.4 Å². The molecule has 0 N–H and O–H groups in total. The molecular formula is C23H30N6O2. The number of carbonyl (C=O) groups is 1. The summed E-state index contributed by atoms with van der Waals surface area (Å²) >= 11 is 0. The van der Waals surface area contributed by atoms with Gasteiger partial charge in [0, 0.05) is 57.4 Å². The highest BCUT2D eigenvalue weighted by Gasteiger charge is 2.36. The lowest BCUT2D eigenvalue weighted by Crippen LogP contribution is -2.48. The smallest absolute Gasteiger partial charge is 0.273 e. The van der Waals surface area contributed by atoms with Crippen LogP contribution in [0.1, 0.15) is 46.9 Å². The molecule has 0 unspecified atom stereocenters. The third-order valence-electron chi connectivity index (χ3n) is 6.85. The van der Waals surface area contributed by atoms with Crippen LogP contribution in [0.2, 0.25) is 0 Å². The molecule has 1 amide bonds. The summed E-state index contributed by atoms with van der Waals surface area (Å²) in [4.78, 5) is 40.5. The molecule has 2 aromatic rings. The minimum absolute atomic E-state index is 0.144. The Bertz CT molecular complexity index is 1040. The molecule has 2 bridgehead atoms. The lowest BCUT2D eigenvalue weighted by atomic mass is 9.83. The van der Waals surface area contributed by atoms with E-state index in [0.717, 1.165) is 62.8 Å². The maximum atomic E-state index is 13.2. The average Bonchev–Trinajstić information content (AvgIpc) is 3.28. The Labute approximate surface area is 182 Å². The molecule has 3 aliphatic rings. The Morgan fingerprint density at radius 3 is 2.71 bits per heavy atom. The van der Waals surface area contributed by atoms with Crippen molar-refractivity contribution >= 4 is 11.7 Å². The van der Waals surface area contributed by atoms with E-state index in [2.05, 4.69) is 25.8 Å². The van der Waals surface area contributed by atoms with Gasteiger partial charge in [0.2, 0.25) is 0 Å². The Morgan fingerprint density at radius 2 is 1.94 bits per heavy atom.